The molecule has 5 nitrogen and oxygen atoms in total. The van der Waals surface area contributed by atoms with Crippen LogP contribution in [0.1, 0.15) is 43.4 Å². The van der Waals surface area contributed by atoms with Gasteiger partial charge in [-0.2, -0.15) is 4.31 Å². The first-order valence-corrected chi connectivity index (χ1v) is 11.3. The van der Waals surface area contributed by atoms with Gasteiger partial charge in [-0.1, -0.05) is 55.0 Å². The van der Waals surface area contributed by atoms with Gasteiger partial charge in [0.1, 0.15) is 0 Å². The average molecular weight is 401 g/mol. The molecule has 1 saturated heterocycles. The van der Waals surface area contributed by atoms with E-state index in [1.807, 2.05) is 44.2 Å². The number of carbonyl (C=O) groups is 1. The van der Waals surface area contributed by atoms with Crippen molar-refractivity contribution in [3.05, 3.63) is 65.7 Å². The van der Waals surface area contributed by atoms with Gasteiger partial charge in [-0.05, 0) is 43.9 Å². The fourth-order valence-electron chi connectivity index (χ4n) is 3.63. The molecule has 150 valence electrons. The monoisotopic (exact) mass is 400 g/mol. The van der Waals surface area contributed by atoms with E-state index in [-0.39, 0.29) is 29.3 Å². The topological polar surface area (TPSA) is 66.5 Å². The third-order valence-corrected chi connectivity index (χ3v) is 7.22. The van der Waals surface area contributed by atoms with Crippen LogP contribution in [0.25, 0.3) is 0 Å². The standard InChI is InChI=1S/C22H28N2O3S/c1-3-21(18-8-5-4-6-9-18)23-22(25)19-10-7-15-24(16-19)28(26,27)20-13-11-17(2)12-14-20/h4-6,8-9,11-14,19,21H,3,7,10,15-16H2,1-2H3,(H,23,25)/t19-,21-/m1/s1. The smallest absolute Gasteiger partial charge is 0.243 e. The Hall–Kier alpha value is -2.18. The van der Waals surface area contributed by atoms with Gasteiger partial charge in [0.25, 0.3) is 0 Å². The van der Waals surface area contributed by atoms with E-state index in [2.05, 4.69) is 5.32 Å². The number of amides is 1. The highest BCUT2D eigenvalue weighted by molar-refractivity contribution is 7.89. The summed E-state index contributed by atoms with van der Waals surface area (Å²) in [4.78, 5) is 13.1. The minimum Gasteiger partial charge on any atom is -0.349 e. The normalized spacial score (nSPS) is 19.1. The molecular weight excluding hydrogens is 372 g/mol. The van der Waals surface area contributed by atoms with Crippen molar-refractivity contribution < 1.29 is 13.2 Å². The molecule has 0 unspecified atom stereocenters. The number of nitrogens with one attached hydrogen (secondary N) is 1. The number of nitrogens with zero attached hydrogens (tertiary/aromatic N) is 1. The quantitative estimate of drug-likeness (QED) is 0.805. The Morgan fingerprint density at radius 1 is 1.14 bits per heavy atom. The minimum atomic E-state index is -3.58. The van der Waals surface area contributed by atoms with Gasteiger partial charge in [-0.3, -0.25) is 4.79 Å². The summed E-state index contributed by atoms with van der Waals surface area (Å²) in [6.07, 6.45) is 2.18. The second-order valence-electron chi connectivity index (χ2n) is 7.40. The Balaban J connectivity index is 1.70. The molecule has 0 saturated carbocycles. The van der Waals surface area contributed by atoms with Gasteiger partial charge in [0.05, 0.1) is 16.9 Å². The molecule has 1 N–H and O–H groups in total. The van der Waals surface area contributed by atoms with E-state index in [0.717, 1.165) is 17.5 Å². The van der Waals surface area contributed by atoms with Crippen molar-refractivity contribution in [2.75, 3.05) is 13.1 Å². The van der Waals surface area contributed by atoms with Gasteiger partial charge in [0.15, 0.2) is 0 Å². The Morgan fingerprint density at radius 2 is 1.82 bits per heavy atom. The zero-order chi connectivity index (χ0) is 20.1. The first-order valence-electron chi connectivity index (χ1n) is 9.84. The molecule has 1 heterocycles. The summed E-state index contributed by atoms with van der Waals surface area (Å²) in [5.74, 6) is -0.397. The van der Waals surface area contributed by atoms with E-state index >= 15 is 0 Å². The van der Waals surface area contributed by atoms with Crippen LogP contribution in [0.3, 0.4) is 0 Å². The van der Waals surface area contributed by atoms with Gasteiger partial charge in [0.2, 0.25) is 15.9 Å². The highest BCUT2D eigenvalue weighted by Gasteiger charge is 2.33. The van der Waals surface area contributed by atoms with Crippen LogP contribution in [0, 0.1) is 12.8 Å². The predicted octanol–water partition coefficient (Wildman–Crippen LogP) is 3.66. The van der Waals surface area contributed by atoms with E-state index in [0.29, 0.717) is 19.4 Å². The molecule has 2 atom stereocenters. The SMILES string of the molecule is CC[C@@H](NC(=O)[C@@H]1CCCN(S(=O)(=O)c2ccc(C)cc2)C1)c1ccccc1. The number of carbonyl (C=O) groups excluding carboxylic acids is 1. The van der Waals surface area contributed by atoms with Gasteiger partial charge in [-0.15, -0.1) is 0 Å². The second-order valence-corrected chi connectivity index (χ2v) is 9.33. The van der Waals surface area contributed by atoms with Crippen LogP contribution in [0.2, 0.25) is 0 Å². The third kappa shape index (κ3) is 4.62. The molecule has 2 aromatic carbocycles. The molecular formula is C22H28N2O3S. The summed E-state index contributed by atoms with van der Waals surface area (Å²) >= 11 is 0. The molecule has 1 amide bonds. The molecule has 1 aliphatic heterocycles. The Kier molecular flexibility index (Phi) is 6.52. The highest BCUT2D eigenvalue weighted by Crippen LogP contribution is 2.25. The first kappa shape index (κ1) is 20.6. The van der Waals surface area contributed by atoms with Gasteiger partial charge in [0, 0.05) is 13.1 Å². The lowest BCUT2D eigenvalue weighted by Crippen LogP contribution is -2.46. The third-order valence-electron chi connectivity index (χ3n) is 5.34. The zero-order valence-electron chi connectivity index (χ0n) is 16.5. The van der Waals surface area contributed by atoms with E-state index in [9.17, 15) is 13.2 Å². The molecule has 0 spiro atoms. The van der Waals surface area contributed by atoms with Crippen molar-refractivity contribution in [3.8, 4) is 0 Å². The van der Waals surface area contributed by atoms with Crippen LogP contribution < -0.4 is 5.32 Å². The van der Waals surface area contributed by atoms with E-state index in [4.69, 9.17) is 0 Å². The maximum absolute atomic E-state index is 13.0. The summed E-state index contributed by atoms with van der Waals surface area (Å²) in [5, 5.41) is 3.11. The molecule has 28 heavy (non-hydrogen) atoms. The maximum atomic E-state index is 13.0. The summed E-state index contributed by atoms with van der Waals surface area (Å²) in [6, 6.07) is 16.7. The van der Waals surface area contributed by atoms with Crippen LogP contribution in [-0.2, 0) is 14.8 Å². The summed E-state index contributed by atoms with van der Waals surface area (Å²) in [5.41, 5.74) is 2.08. The second kappa shape index (κ2) is 8.88. The number of benzene rings is 2. The molecule has 2 aromatic rings. The summed E-state index contributed by atoms with van der Waals surface area (Å²) in [7, 11) is -3.58. The molecule has 0 aliphatic carbocycles. The van der Waals surface area contributed by atoms with Crippen LogP contribution >= 0.6 is 0 Å². The lowest BCUT2D eigenvalue weighted by Gasteiger charge is -2.32. The largest absolute Gasteiger partial charge is 0.349 e. The fraction of sp³-hybridized carbons (Fsp3) is 0.409. The summed E-state index contributed by atoms with van der Waals surface area (Å²) < 4.78 is 27.4. The highest BCUT2D eigenvalue weighted by atomic mass is 32.2. The number of hydrogen-bond donors (Lipinski definition) is 1. The number of aryl methyl sites for hydroxylation is 1. The molecule has 3 rings (SSSR count). The van der Waals surface area contributed by atoms with Gasteiger partial charge >= 0.3 is 0 Å². The lowest BCUT2D eigenvalue weighted by atomic mass is 9.97. The zero-order valence-corrected chi connectivity index (χ0v) is 17.3. The fourth-order valence-corrected chi connectivity index (χ4v) is 5.15. The number of sulfonamides is 1. The molecule has 0 radical (unpaired) electrons. The predicted molar refractivity (Wildman–Crippen MR) is 110 cm³/mol. The number of rotatable bonds is 6. The van der Waals surface area contributed by atoms with Crippen LogP contribution in [0.4, 0.5) is 0 Å². The van der Waals surface area contributed by atoms with Crippen molar-refractivity contribution in [2.24, 2.45) is 5.92 Å². The van der Waals surface area contributed by atoms with Crippen molar-refractivity contribution in [1.29, 1.82) is 0 Å². The molecule has 0 aromatic heterocycles. The Labute approximate surface area is 167 Å². The first-order chi connectivity index (χ1) is 13.4. The van der Waals surface area contributed by atoms with Gasteiger partial charge < -0.3 is 5.32 Å². The summed E-state index contributed by atoms with van der Waals surface area (Å²) in [6.45, 7) is 4.64. The van der Waals surface area contributed by atoms with Crippen molar-refractivity contribution in [2.45, 2.75) is 44.0 Å². The molecule has 1 fully saturated rings. The average Bonchev–Trinajstić information content (AvgIpc) is 2.73. The van der Waals surface area contributed by atoms with Crippen LogP contribution in [0.5, 0.6) is 0 Å². The minimum absolute atomic E-state index is 0.0576. The maximum Gasteiger partial charge on any atom is 0.243 e. The Morgan fingerprint density at radius 3 is 2.46 bits per heavy atom. The molecule has 1 aliphatic rings. The number of piperidine rings is 1. The van der Waals surface area contributed by atoms with Crippen molar-refractivity contribution in [3.63, 3.8) is 0 Å². The Bertz CT molecular complexity index is 895. The van der Waals surface area contributed by atoms with Crippen LogP contribution in [0.15, 0.2) is 59.5 Å². The molecule has 0 bridgehead atoms. The number of hydrogen-bond acceptors (Lipinski definition) is 3. The van der Waals surface area contributed by atoms with Gasteiger partial charge in [-0.25, -0.2) is 8.42 Å². The van der Waals surface area contributed by atoms with E-state index < -0.39 is 10.0 Å². The van der Waals surface area contributed by atoms with Crippen molar-refractivity contribution >= 4 is 15.9 Å². The van der Waals surface area contributed by atoms with E-state index in [1.54, 1.807) is 24.3 Å². The van der Waals surface area contributed by atoms with E-state index in [1.165, 1.54) is 4.31 Å². The lowest BCUT2D eigenvalue weighted by molar-refractivity contribution is -0.126. The van der Waals surface area contributed by atoms with Crippen molar-refractivity contribution in [1.82, 2.24) is 9.62 Å². The van der Waals surface area contributed by atoms with Crippen LogP contribution in [-0.4, -0.2) is 31.7 Å². The molecule has 6 heteroatoms.